The van der Waals surface area contributed by atoms with Crippen LogP contribution in [-0.4, -0.2) is 10.5 Å². The number of unbranched alkanes of at least 4 members (excludes halogenated alkanes) is 5. The molecule has 0 saturated carbocycles. The predicted molar refractivity (Wildman–Crippen MR) is 114 cm³/mol. The van der Waals surface area contributed by atoms with Gasteiger partial charge in [-0.2, -0.15) is 0 Å². The van der Waals surface area contributed by atoms with Gasteiger partial charge in [0.25, 0.3) is 0 Å². The quantitative estimate of drug-likeness (QED) is 0.329. The van der Waals surface area contributed by atoms with E-state index < -0.39 is 0 Å². The van der Waals surface area contributed by atoms with Crippen molar-refractivity contribution in [3.05, 3.63) is 70.9 Å². The largest absolute Gasteiger partial charge is 0.449 e. The molecule has 2 aromatic carbocycles. The third-order valence-corrected chi connectivity index (χ3v) is 5.97. The summed E-state index contributed by atoms with van der Waals surface area (Å²) in [5.41, 5.74) is 5.27. The number of aromatic nitrogens is 1. The first-order valence-corrected chi connectivity index (χ1v) is 10.6. The minimum absolute atomic E-state index is 0.215. The summed E-state index contributed by atoms with van der Waals surface area (Å²) in [7, 11) is 0. The van der Waals surface area contributed by atoms with E-state index in [4.69, 9.17) is 4.74 Å². The van der Waals surface area contributed by atoms with Crippen LogP contribution in [0.5, 0.6) is 0 Å². The molecule has 146 valence electrons. The highest BCUT2D eigenvalue weighted by atomic mass is 16.5. The molecule has 1 atom stereocenters. The summed E-state index contributed by atoms with van der Waals surface area (Å²) in [6.07, 6.45) is 7.41. The topological polar surface area (TPSA) is 31.2 Å². The summed E-state index contributed by atoms with van der Waals surface area (Å²) >= 11 is 0. The van der Waals surface area contributed by atoms with Crippen molar-refractivity contribution in [2.75, 3.05) is 0 Å². The molecule has 4 rings (SSSR count). The highest BCUT2D eigenvalue weighted by molar-refractivity contribution is 5.96. The highest BCUT2D eigenvalue weighted by Crippen LogP contribution is 2.41. The number of para-hydroxylation sites is 1. The second-order valence-corrected chi connectivity index (χ2v) is 7.81. The molecule has 3 heteroatoms. The summed E-state index contributed by atoms with van der Waals surface area (Å²) in [6.45, 7) is 5.44. The Morgan fingerprint density at radius 1 is 0.929 bits per heavy atom. The Kier molecular flexibility index (Phi) is 5.52. The lowest BCUT2D eigenvalue weighted by Crippen LogP contribution is -2.05. The zero-order chi connectivity index (χ0) is 19.5. The molecule has 3 aromatic rings. The zero-order valence-electron chi connectivity index (χ0n) is 16.9. The highest BCUT2D eigenvalue weighted by Gasteiger charge is 2.35. The van der Waals surface area contributed by atoms with Crippen LogP contribution >= 0.6 is 0 Å². The molecule has 0 N–H and O–H groups in total. The van der Waals surface area contributed by atoms with Gasteiger partial charge in [0, 0.05) is 34.3 Å². The van der Waals surface area contributed by atoms with Crippen LogP contribution in [-0.2, 0) is 11.3 Å². The summed E-state index contributed by atoms with van der Waals surface area (Å²) < 4.78 is 8.25. The number of fused-ring (bicyclic) bond motifs is 2. The minimum atomic E-state index is -0.306. The SMILES string of the molecule is CCCCCCCCn1c(C)c(C2OC(=O)c3ccccc32)c2ccccc21. The minimum Gasteiger partial charge on any atom is -0.449 e. The Balaban J connectivity index is 1.65. The molecule has 0 amide bonds. The van der Waals surface area contributed by atoms with Crippen LogP contribution in [0.1, 0.15) is 78.7 Å². The van der Waals surface area contributed by atoms with Crippen LogP contribution < -0.4 is 0 Å². The van der Waals surface area contributed by atoms with Crippen molar-refractivity contribution in [1.29, 1.82) is 0 Å². The number of cyclic esters (lactones) is 1. The van der Waals surface area contributed by atoms with Gasteiger partial charge in [-0.05, 0) is 25.5 Å². The number of carbonyl (C=O) groups excluding carboxylic acids is 1. The van der Waals surface area contributed by atoms with Crippen LogP contribution in [0.2, 0.25) is 0 Å². The lowest BCUT2D eigenvalue weighted by atomic mass is 9.97. The Hall–Kier alpha value is -2.55. The Morgan fingerprint density at radius 3 is 2.50 bits per heavy atom. The maximum absolute atomic E-state index is 12.4. The first-order valence-electron chi connectivity index (χ1n) is 10.6. The number of nitrogens with zero attached hydrogens (tertiary/aromatic N) is 1. The fourth-order valence-corrected chi connectivity index (χ4v) is 4.49. The van der Waals surface area contributed by atoms with E-state index in [0.29, 0.717) is 5.56 Å². The number of carbonyl (C=O) groups is 1. The third-order valence-electron chi connectivity index (χ3n) is 5.97. The van der Waals surface area contributed by atoms with E-state index in [9.17, 15) is 4.79 Å². The lowest BCUT2D eigenvalue weighted by molar-refractivity contribution is 0.0457. The summed E-state index contributed by atoms with van der Waals surface area (Å²) in [4.78, 5) is 12.4. The molecule has 0 fully saturated rings. The van der Waals surface area contributed by atoms with Crippen LogP contribution in [0.3, 0.4) is 0 Å². The number of rotatable bonds is 8. The Morgan fingerprint density at radius 2 is 1.64 bits per heavy atom. The van der Waals surface area contributed by atoms with Crippen molar-refractivity contribution >= 4 is 16.9 Å². The fourth-order valence-electron chi connectivity index (χ4n) is 4.49. The molecular weight excluding hydrogens is 346 g/mol. The second kappa shape index (κ2) is 8.22. The van der Waals surface area contributed by atoms with Crippen molar-refractivity contribution in [3.8, 4) is 0 Å². The number of benzene rings is 2. The molecule has 0 radical (unpaired) electrons. The monoisotopic (exact) mass is 375 g/mol. The number of aryl methyl sites for hydroxylation is 1. The summed E-state index contributed by atoms with van der Waals surface area (Å²) in [5.74, 6) is -0.215. The fraction of sp³-hybridized carbons (Fsp3) is 0.400. The van der Waals surface area contributed by atoms with Gasteiger partial charge in [-0.1, -0.05) is 75.4 Å². The van der Waals surface area contributed by atoms with Gasteiger partial charge in [-0.25, -0.2) is 4.79 Å². The average Bonchev–Trinajstić information content (AvgIpc) is 3.19. The lowest BCUT2D eigenvalue weighted by Gasteiger charge is -2.13. The Labute approximate surface area is 167 Å². The van der Waals surface area contributed by atoms with Crippen molar-refractivity contribution in [3.63, 3.8) is 0 Å². The van der Waals surface area contributed by atoms with Gasteiger partial charge in [0.1, 0.15) is 0 Å². The second-order valence-electron chi connectivity index (χ2n) is 7.81. The van der Waals surface area contributed by atoms with Crippen LogP contribution in [0.4, 0.5) is 0 Å². The van der Waals surface area contributed by atoms with Gasteiger partial charge >= 0.3 is 5.97 Å². The van der Waals surface area contributed by atoms with E-state index in [1.165, 1.54) is 55.1 Å². The summed E-state index contributed by atoms with van der Waals surface area (Å²) in [5, 5.41) is 1.19. The molecule has 2 heterocycles. The van der Waals surface area contributed by atoms with Crippen LogP contribution in [0, 0.1) is 6.92 Å². The maximum Gasteiger partial charge on any atom is 0.339 e. The molecule has 0 saturated heterocycles. The van der Waals surface area contributed by atoms with Gasteiger partial charge < -0.3 is 9.30 Å². The number of hydrogen-bond acceptors (Lipinski definition) is 2. The van der Waals surface area contributed by atoms with E-state index in [2.05, 4.69) is 42.7 Å². The normalized spacial score (nSPS) is 15.8. The molecule has 1 aliphatic heterocycles. The molecule has 28 heavy (non-hydrogen) atoms. The van der Waals surface area contributed by atoms with E-state index >= 15 is 0 Å². The van der Waals surface area contributed by atoms with E-state index in [1.54, 1.807) is 0 Å². The molecular formula is C25H29NO2. The van der Waals surface area contributed by atoms with E-state index in [1.807, 2.05) is 24.3 Å². The van der Waals surface area contributed by atoms with Crippen LogP contribution in [0.15, 0.2) is 48.5 Å². The molecule has 0 aliphatic carbocycles. The van der Waals surface area contributed by atoms with Gasteiger partial charge in [0.05, 0.1) is 5.56 Å². The number of hydrogen-bond donors (Lipinski definition) is 0. The maximum atomic E-state index is 12.4. The first-order chi connectivity index (χ1) is 13.7. The molecule has 1 aromatic heterocycles. The first kappa shape index (κ1) is 18.8. The van der Waals surface area contributed by atoms with Crippen molar-refractivity contribution in [2.45, 2.75) is 65.0 Å². The van der Waals surface area contributed by atoms with Gasteiger partial charge in [0.2, 0.25) is 0 Å². The van der Waals surface area contributed by atoms with Crippen LogP contribution in [0.25, 0.3) is 10.9 Å². The summed E-state index contributed by atoms with van der Waals surface area (Å²) in [6, 6.07) is 16.3. The van der Waals surface area contributed by atoms with E-state index in [-0.39, 0.29) is 12.1 Å². The molecule has 3 nitrogen and oxygen atoms in total. The standard InChI is InChI=1S/C25H29NO2/c1-3-4-5-6-7-12-17-26-18(2)23(21-15-10-11-16-22(21)26)24-19-13-8-9-14-20(19)25(27)28-24/h8-11,13-16,24H,3-7,12,17H2,1-2H3. The van der Waals surface area contributed by atoms with Crippen molar-refractivity contribution in [1.82, 2.24) is 4.57 Å². The van der Waals surface area contributed by atoms with E-state index in [0.717, 1.165) is 17.7 Å². The van der Waals surface area contributed by atoms with Crippen molar-refractivity contribution in [2.24, 2.45) is 0 Å². The van der Waals surface area contributed by atoms with Crippen molar-refractivity contribution < 1.29 is 9.53 Å². The third kappa shape index (κ3) is 3.34. The smallest absolute Gasteiger partial charge is 0.339 e. The average molecular weight is 376 g/mol. The number of ether oxygens (including phenoxy) is 1. The Bertz CT molecular complexity index is 985. The predicted octanol–water partition coefficient (Wildman–Crippen LogP) is 6.57. The molecule has 1 unspecified atom stereocenters. The number of esters is 1. The molecule has 1 aliphatic rings. The van der Waals surface area contributed by atoms with Gasteiger partial charge in [0.15, 0.2) is 6.10 Å². The van der Waals surface area contributed by atoms with Gasteiger partial charge in [-0.3, -0.25) is 0 Å². The molecule has 0 bridgehead atoms. The molecule has 0 spiro atoms. The zero-order valence-corrected chi connectivity index (χ0v) is 16.9. The van der Waals surface area contributed by atoms with Gasteiger partial charge in [-0.15, -0.1) is 0 Å².